The fraction of sp³-hybridized carbons (Fsp3) is 0.188. The van der Waals surface area contributed by atoms with Crippen molar-refractivity contribution in [1.82, 2.24) is 19.8 Å². The highest BCUT2D eigenvalue weighted by Crippen LogP contribution is 2.16. The van der Waals surface area contributed by atoms with Gasteiger partial charge in [0.15, 0.2) is 0 Å². The third kappa shape index (κ3) is 3.90. The lowest BCUT2D eigenvalue weighted by atomic mass is 10.3. The van der Waals surface area contributed by atoms with Gasteiger partial charge < -0.3 is 9.84 Å². The number of nitrogens with zero attached hydrogens (tertiary/aromatic N) is 4. The smallest absolute Gasteiger partial charge is 0.368 e. The maximum absolute atomic E-state index is 12.3. The zero-order valence-corrected chi connectivity index (χ0v) is 14.2. The van der Waals surface area contributed by atoms with Gasteiger partial charge in [-0.15, -0.1) is 0 Å². The Morgan fingerprint density at radius 2 is 1.79 bits per heavy atom. The molecule has 124 valence electrons. The Morgan fingerprint density at radius 1 is 1.08 bits per heavy atom. The average molecular weight is 391 g/mol. The van der Waals surface area contributed by atoms with Crippen LogP contribution in [0.3, 0.4) is 0 Å². The van der Waals surface area contributed by atoms with Crippen LogP contribution in [0, 0.1) is 0 Å². The summed E-state index contributed by atoms with van der Waals surface area (Å²) in [6.45, 7) is 0.0501. The van der Waals surface area contributed by atoms with E-state index in [2.05, 4.69) is 26.4 Å². The normalized spacial score (nSPS) is 12.1. The Morgan fingerprint density at radius 3 is 2.50 bits per heavy atom. The van der Waals surface area contributed by atoms with E-state index in [0.717, 1.165) is 9.15 Å². The molecule has 0 aliphatic carbocycles. The molecule has 0 unspecified atom stereocenters. The molecule has 2 aromatic carbocycles. The molecule has 0 amide bonds. The van der Waals surface area contributed by atoms with Crippen molar-refractivity contribution in [1.29, 1.82) is 0 Å². The van der Waals surface area contributed by atoms with Crippen molar-refractivity contribution in [2.24, 2.45) is 0 Å². The first-order chi connectivity index (χ1) is 11.6. The number of para-hydroxylation sites is 1. The fourth-order valence-corrected chi connectivity index (χ4v) is 2.36. The topological polar surface area (TPSA) is 82.2 Å². The van der Waals surface area contributed by atoms with Crippen molar-refractivity contribution in [3.8, 4) is 11.4 Å². The van der Waals surface area contributed by atoms with Crippen LogP contribution < -0.4 is 10.4 Å². The number of hydrogen-bond acceptors (Lipinski definition) is 5. The molecular weight excluding hydrogens is 376 g/mol. The third-order valence-electron chi connectivity index (χ3n) is 3.28. The van der Waals surface area contributed by atoms with Crippen molar-refractivity contribution < 1.29 is 9.84 Å². The number of benzene rings is 2. The number of aliphatic hydroxyl groups is 1. The first-order valence-electron chi connectivity index (χ1n) is 7.28. The van der Waals surface area contributed by atoms with E-state index in [1.165, 1.54) is 4.68 Å². The van der Waals surface area contributed by atoms with E-state index in [1.54, 1.807) is 24.3 Å². The summed E-state index contributed by atoms with van der Waals surface area (Å²) in [5, 5.41) is 17.7. The Labute approximate surface area is 146 Å². The number of rotatable bonds is 6. The number of ether oxygens (including phenoxy) is 1. The fourth-order valence-electron chi connectivity index (χ4n) is 2.10. The Hall–Kier alpha value is -2.45. The minimum Gasteiger partial charge on any atom is -0.491 e. The second-order valence-corrected chi connectivity index (χ2v) is 6.03. The monoisotopic (exact) mass is 390 g/mol. The van der Waals surface area contributed by atoms with Crippen molar-refractivity contribution in [3.63, 3.8) is 0 Å². The first-order valence-corrected chi connectivity index (χ1v) is 8.07. The molecule has 0 radical (unpaired) electrons. The summed E-state index contributed by atoms with van der Waals surface area (Å²) in [5.74, 6) is 0.637. The number of hydrogen-bond donors (Lipinski definition) is 1. The van der Waals surface area contributed by atoms with Gasteiger partial charge in [-0.2, -0.15) is 9.36 Å². The molecule has 0 aliphatic rings. The van der Waals surface area contributed by atoms with Crippen LogP contribution in [-0.2, 0) is 6.54 Å². The first kappa shape index (κ1) is 16.4. The van der Waals surface area contributed by atoms with E-state index < -0.39 is 11.8 Å². The largest absolute Gasteiger partial charge is 0.491 e. The second kappa shape index (κ2) is 7.41. The third-order valence-corrected chi connectivity index (χ3v) is 3.81. The maximum Gasteiger partial charge on any atom is 0.368 e. The van der Waals surface area contributed by atoms with Crippen LogP contribution in [0.2, 0.25) is 0 Å². The van der Waals surface area contributed by atoms with E-state index in [-0.39, 0.29) is 13.2 Å². The van der Waals surface area contributed by atoms with E-state index in [0.29, 0.717) is 11.4 Å². The molecular formula is C16H15BrN4O3. The summed E-state index contributed by atoms with van der Waals surface area (Å²) in [6.07, 6.45) is -0.882. The number of halogens is 1. The number of aliphatic hydroxyl groups excluding tert-OH is 1. The second-order valence-electron chi connectivity index (χ2n) is 5.11. The average Bonchev–Trinajstić information content (AvgIpc) is 2.96. The molecule has 0 spiro atoms. The van der Waals surface area contributed by atoms with Gasteiger partial charge in [-0.3, -0.25) is 0 Å². The predicted octanol–water partition coefficient (Wildman–Crippen LogP) is 1.63. The van der Waals surface area contributed by atoms with Gasteiger partial charge in [-0.1, -0.05) is 34.1 Å². The lowest BCUT2D eigenvalue weighted by Gasteiger charge is -2.11. The molecule has 0 aliphatic heterocycles. The Balaban J connectivity index is 1.63. The van der Waals surface area contributed by atoms with Crippen LogP contribution in [0.25, 0.3) is 5.69 Å². The summed E-state index contributed by atoms with van der Waals surface area (Å²) in [6, 6.07) is 16.2. The molecule has 8 heteroatoms. The van der Waals surface area contributed by atoms with Gasteiger partial charge in [0.1, 0.15) is 18.5 Å². The van der Waals surface area contributed by atoms with Gasteiger partial charge in [0.25, 0.3) is 0 Å². The van der Waals surface area contributed by atoms with Gasteiger partial charge in [0.2, 0.25) is 0 Å². The molecule has 0 bridgehead atoms. The molecule has 24 heavy (non-hydrogen) atoms. The van der Waals surface area contributed by atoms with E-state index >= 15 is 0 Å². The molecule has 0 saturated carbocycles. The van der Waals surface area contributed by atoms with Crippen molar-refractivity contribution in [2.45, 2.75) is 12.6 Å². The van der Waals surface area contributed by atoms with Gasteiger partial charge in [-0.25, -0.2) is 4.79 Å². The molecule has 3 aromatic rings. The highest BCUT2D eigenvalue weighted by atomic mass is 79.9. The standard InChI is InChI=1S/C16H15BrN4O3/c17-12-6-8-15(9-7-12)24-11-14(22)10-20-16(23)21(19-18-20)13-4-2-1-3-5-13/h1-9,14,22H,10-11H2/t14-/m0/s1. The summed E-state index contributed by atoms with van der Waals surface area (Å²) >= 11 is 3.34. The minimum atomic E-state index is -0.882. The molecule has 0 saturated heterocycles. The summed E-state index contributed by atoms with van der Waals surface area (Å²) in [5.41, 5.74) is 0.207. The lowest BCUT2D eigenvalue weighted by Crippen LogP contribution is -2.31. The molecule has 1 N–H and O–H groups in total. The highest BCUT2D eigenvalue weighted by Gasteiger charge is 2.13. The van der Waals surface area contributed by atoms with Gasteiger partial charge in [-0.05, 0) is 46.8 Å². The van der Waals surface area contributed by atoms with Gasteiger partial charge in [0, 0.05) is 4.47 Å². The van der Waals surface area contributed by atoms with Gasteiger partial charge in [0.05, 0.1) is 12.2 Å². The van der Waals surface area contributed by atoms with Crippen LogP contribution in [0.5, 0.6) is 5.75 Å². The van der Waals surface area contributed by atoms with Crippen LogP contribution >= 0.6 is 15.9 Å². The number of tetrazole rings is 1. The quantitative estimate of drug-likeness (QED) is 0.691. The highest BCUT2D eigenvalue weighted by molar-refractivity contribution is 9.10. The zero-order chi connectivity index (χ0) is 16.9. The van der Waals surface area contributed by atoms with Crippen LogP contribution in [0.4, 0.5) is 0 Å². The summed E-state index contributed by atoms with van der Waals surface area (Å²) < 4.78 is 8.73. The van der Waals surface area contributed by atoms with Crippen LogP contribution in [0.1, 0.15) is 0 Å². The molecule has 7 nitrogen and oxygen atoms in total. The summed E-state index contributed by atoms with van der Waals surface area (Å²) in [7, 11) is 0. The lowest BCUT2D eigenvalue weighted by molar-refractivity contribution is 0.0878. The van der Waals surface area contributed by atoms with E-state index in [4.69, 9.17) is 4.74 Å². The maximum atomic E-state index is 12.3. The van der Waals surface area contributed by atoms with Crippen molar-refractivity contribution in [3.05, 3.63) is 69.6 Å². The van der Waals surface area contributed by atoms with Crippen LogP contribution in [0.15, 0.2) is 63.9 Å². The van der Waals surface area contributed by atoms with Gasteiger partial charge >= 0.3 is 5.69 Å². The minimum absolute atomic E-state index is 0.00218. The SMILES string of the molecule is O=c1n(C[C@H](O)COc2ccc(Br)cc2)nnn1-c1ccccc1. The predicted molar refractivity (Wildman–Crippen MR) is 91.3 cm³/mol. The van der Waals surface area contributed by atoms with Crippen molar-refractivity contribution in [2.75, 3.05) is 6.61 Å². The zero-order valence-electron chi connectivity index (χ0n) is 12.6. The van der Waals surface area contributed by atoms with Crippen molar-refractivity contribution >= 4 is 15.9 Å². The summed E-state index contributed by atoms with van der Waals surface area (Å²) in [4.78, 5) is 12.3. The Kier molecular flexibility index (Phi) is 5.07. The molecule has 1 heterocycles. The Bertz CT molecular complexity index is 846. The molecule has 1 atom stereocenters. The molecule has 3 rings (SSSR count). The molecule has 0 fully saturated rings. The van der Waals surface area contributed by atoms with E-state index in [1.807, 2.05) is 30.3 Å². The van der Waals surface area contributed by atoms with E-state index in [9.17, 15) is 9.90 Å². The number of aromatic nitrogens is 4. The molecule has 1 aromatic heterocycles. The van der Waals surface area contributed by atoms with Crippen LogP contribution in [-0.4, -0.2) is 37.6 Å².